The van der Waals surface area contributed by atoms with E-state index in [1.165, 1.54) is 0 Å². The monoisotopic (exact) mass is 268 g/mol. The maximum absolute atomic E-state index is 12.3. The predicted octanol–water partition coefficient (Wildman–Crippen LogP) is 2.30. The molecule has 102 valence electrons. The van der Waals surface area contributed by atoms with Gasteiger partial charge in [0.1, 0.15) is 5.39 Å². The molecule has 2 aromatic heterocycles. The van der Waals surface area contributed by atoms with Crippen molar-refractivity contribution in [3.63, 3.8) is 0 Å². The van der Waals surface area contributed by atoms with E-state index in [-0.39, 0.29) is 5.56 Å². The van der Waals surface area contributed by atoms with Crippen molar-refractivity contribution in [1.82, 2.24) is 19.3 Å². The van der Waals surface area contributed by atoms with Gasteiger partial charge in [-0.3, -0.25) is 9.36 Å². The van der Waals surface area contributed by atoms with Crippen LogP contribution in [0.15, 0.2) is 41.6 Å². The standard InChI is InChI=1S/C15H16N4O/c1-3-8-18-10-16-14-12(15(18)20)9-17-19(14)13-7-5-4-6-11(13)2/h4-7,9-10H,3,8H2,1-2H3. The van der Waals surface area contributed by atoms with E-state index < -0.39 is 0 Å². The lowest BCUT2D eigenvalue weighted by atomic mass is 10.2. The highest BCUT2D eigenvalue weighted by molar-refractivity contribution is 5.75. The van der Waals surface area contributed by atoms with Crippen LogP contribution >= 0.6 is 0 Å². The van der Waals surface area contributed by atoms with E-state index in [1.807, 2.05) is 38.1 Å². The van der Waals surface area contributed by atoms with Gasteiger partial charge in [-0.25, -0.2) is 9.67 Å². The molecule has 0 atom stereocenters. The Bertz CT molecular complexity index is 816. The molecule has 0 bridgehead atoms. The van der Waals surface area contributed by atoms with Crippen LogP contribution in [0.4, 0.5) is 0 Å². The lowest BCUT2D eigenvalue weighted by Crippen LogP contribution is -2.20. The summed E-state index contributed by atoms with van der Waals surface area (Å²) < 4.78 is 3.36. The SMILES string of the molecule is CCCn1cnc2c(cnn2-c2ccccc2C)c1=O. The van der Waals surface area contributed by atoms with E-state index >= 15 is 0 Å². The van der Waals surface area contributed by atoms with Gasteiger partial charge < -0.3 is 0 Å². The minimum atomic E-state index is -0.0308. The number of benzene rings is 1. The molecule has 5 nitrogen and oxygen atoms in total. The number of aryl methyl sites for hydroxylation is 2. The topological polar surface area (TPSA) is 52.7 Å². The van der Waals surface area contributed by atoms with Crippen LogP contribution in [0.3, 0.4) is 0 Å². The number of para-hydroxylation sites is 1. The third kappa shape index (κ3) is 1.91. The smallest absolute Gasteiger partial charge is 0.264 e. The Morgan fingerprint density at radius 3 is 2.80 bits per heavy atom. The lowest BCUT2D eigenvalue weighted by molar-refractivity contribution is 0.647. The summed E-state index contributed by atoms with van der Waals surface area (Å²) >= 11 is 0. The van der Waals surface area contributed by atoms with Crippen LogP contribution in [0.5, 0.6) is 0 Å². The Labute approximate surface area is 116 Å². The van der Waals surface area contributed by atoms with E-state index in [4.69, 9.17) is 0 Å². The van der Waals surface area contributed by atoms with Gasteiger partial charge in [-0.2, -0.15) is 5.10 Å². The van der Waals surface area contributed by atoms with E-state index in [2.05, 4.69) is 10.1 Å². The molecule has 0 saturated heterocycles. The molecule has 0 radical (unpaired) electrons. The third-order valence-electron chi connectivity index (χ3n) is 3.36. The summed E-state index contributed by atoms with van der Waals surface area (Å²) in [6, 6.07) is 7.92. The van der Waals surface area contributed by atoms with Gasteiger partial charge in [0.15, 0.2) is 5.65 Å². The van der Waals surface area contributed by atoms with E-state index in [9.17, 15) is 4.79 Å². The fraction of sp³-hybridized carbons (Fsp3) is 0.267. The van der Waals surface area contributed by atoms with Gasteiger partial charge in [0, 0.05) is 6.54 Å². The molecule has 0 saturated carbocycles. The molecule has 5 heteroatoms. The van der Waals surface area contributed by atoms with Crippen molar-refractivity contribution in [3.8, 4) is 5.69 Å². The van der Waals surface area contributed by atoms with Gasteiger partial charge in [0.05, 0.1) is 18.2 Å². The molecule has 0 aliphatic carbocycles. The maximum atomic E-state index is 12.3. The first-order valence-corrected chi connectivity index (χ1v) is 6.71. The van der Waals surface area contributed by atoms with Gasteiger partial charge in [-0.15, -0.1) is 0 Å². The molecule has 0 spiro atoms. The maximum Gasteiger partial charge on any atom is 0.264 e. The Balaban J connectivity index is 2.23. The molecule has 1 aromatic carbocycles. The number of rotatable bonds is 3. The Hall–Kier alpha value is -2.43. The zero-order chi connectivity index (χ0) is 14.1. The minimum Gasteiger partial charge on any atom is -0.299 e. The van der Waals surface area contributed by atoms with Crippen LogP contribution in [0.25, 0.3) is 16.7 Å². The second-order valence-corrected chi connectivity index (χ2v) is 4.82. The first-order valence-electron chi connectivity index (χ1n) is 6.71. The Morgan fingerprint density at radius 1 is 1.25 bits per heavy atom. The summed E-state index contributed by atoms with van der Waals surface area (Å²) in [6.45, 7) is 4.73. The number of aromatic nitrogens is 4. The summed E-state index contributed by atoms with van der Waals surface area (Å²) in [7, 11) is 0. The van der Waals surface area contributed by atoms with Crippen molar-refractivity contribution in [2.45, 2.75) is 26.8 Å². The van der Waals surface area contributed by atoms with Gasteiger partial charge in [0.25, 0.3) is 5.56 Å². The molecule has 0 fully saturated rings. The predicted molar refractivity (Wildman–Crippen MR) is 78.2 cm³/mol. The summed E-state index contributed by atoms with van der Waals surface area (Å²) in [5.74, 6) is 0. The van der Waals surface area contributed by atoms with Crippen molar-refractivity contribution in [2.24, 2.45) is 0 Å². The molecule has 3 rings (SSSR count). The largest absolute Gasteiger partial charge is 0.299 e. The quantitative estimate of drug-likeness (QED) is 0.732. The van der Waals surface area contributed by atoms with Crippen molar-refractivity contribution in [3.05, 3.63) is 52.7 Å². The van der Waals surface area contributed by atoms with Gasteiger partial charge in [0.2, 0.25) is 0 Å². The summed E-state index contributed by atoms with van der Waals surface area (Å²) in [6.07, 6.45) is 4.10. The van der Waals surface area contributed by atoms with Crippen LogP contribution in [-0.2, 0) is 6.54 Å². The molecule has 2 heterocycles. The molecular weight excluding hydrogens is 252 g/mol. The summed E-state index contributed by atoms with van der Waals surface area (Å²) in [4.78, 5) is 16.7. The van der Waals surface area contributed by atoms with Gasteiger partial charge in [-0.1, -0.05) is 25.1 Å². The number of fused-ring (bicyclic) bond motifs is 1. The third-order valence-corrected chi connectivity index (χ3v) is 3.36. The lowest BCUT2D eigenvalue weighted by Gasteiger charge is -2.07. The van der Waals surface area contributed by atoms with E-state index in [0.717, 1.165) is 17.7 Å². The molecule has 3 aromatic rings. The molecule has 20 heavy (non-hydrogen) atoms. The van der Waals surface area contributed by atoms with Crippen molar-refractivity contribution in [1.29, 1.82) is 0 Å². The van der Waals surface area contributed by atoms with Crippen LogP contribution < -0.4 is 5.56 Å². The number of hydrogen-bond acceptors (Lipinski definition) is 3. The minimum absolute atomic E-state index is 0.0308. The van der Waals surface area contributed by atoms with Crippen molar-refractivity contribution in [2.75, 3.05) is 0 Å². The van der Waals surface area contributed by atoms with Gasteiger partial charge >= 0.3 is 0 Å². The zero-order valence-electron chi connectivity index (χ0n) is 11.6. The van der Waals surface area contributed by atoms with Gasteiger partial charge in [-0.05, 0) is 25.0 Å². The molecular formula is C15H16N4O. The van der Waals surface area contributed by atoms with E-state index in [1.54, 1.807) is 21.8 Å². The van der Waals surface area contributed by atoms with Crippen LogP contribution in [0.2, 0.25) is 0 Å². The highest BCUT2D eigenvalue weighted by Crippen LogP contribution is 2.16. The normalized spacial score (nSPS) is 11.1. The van der Waals surface area contributed by atoms with Crippen molar-refractivity contribution < 1.29 is 0 Å². The first kappa shape index (κ1) is 12.6. The summed E-state index contributed by atoms with van der Waals surface area (Å²) in [5.41, 5.74) is 2.62. The molecule has 0 aliphatic heterocycles. The highest BCUT2D eigenvalue weighted by atomic mass is 16.1. The van der Waals surface area contributed by atoms with Crippen LogP contribution in [-0.4, -0.2) is 19.3 Å². The molecule has 0 unspecified atom stereocenters. The fourth-order valence-corrected chi connectivity index (χ4v) is 2.33. The Kier molecular flexibility index (Phi) is 3.10. The van der Waals surface area contributed by atoms with Crippen molar-refractivity contribution >= 4 is 11.0 Å². The first-order chi connectivity index (χ1) is 9.72. The average Bonchev–Trinajstić information content (AvgIpc) is 2.87. The zero-order valence-corrected chi connectivity index (χ0v) is 11.6. The summed E-state index contributed by atoms with van der Waals surface area (Å²) in [5, 5.41) is 4.89. The molecule has 0 amide bonds. The second-order valence-electron chi connectivity index (χ2n) is 4.82. The van der Waals surface area contributed by atoms with Crippen LogP contribution in [0, 0.1) is 6.92 Å². The fourth-order valence-electron chi connectivity index (χ4n) is 2.33. The van der Waals surface area contributed by atoms with Crippen LogP contribution in [0.1, 0.15) is 18.9 Å². The number of nitrogens with zero attached hydrogens (tertiary/aromatic N) is 4. The Morgan fingerprint density at radius 2 is 2.05 bits per heavy atom. The molecule has 0 aliphatic rings. The molecule has 0 N–H and O–H groups in total. The number of hydrogen-bond donors (Lipinski definition) is 0. The van der Waals surface area contributed by atoms with E-state index in [0.29, 0.717) is 17.6 Å². The second kappa shape index (κ2) is 4.92. The highest BCUT2D eigenvalue weighted by Gasteiger charge is 2.12. The average molecular weight is 268 g/mol.